The number of para-hydroxylation sites is 1. The molecule has 4 rings (SSSR count). The van der Waals surface area contributed by atoms with Gasteiger partial charge in [0.25, 0.3) is 0 Å². The Hall–Kier alpha value is -3.36. The zero-order chi connectivity index (χ0) is 24.8. The Labute approximate surface area is 214 Å². The molecular formula is C27H29N5OS2. The highest BCUT2D eigenvalue weighted by Gasteiger charge is 2.13. The van der Waals surface area contributed by atoms with Crippen molar-refractivity contribution < 1.29 is 4.79 Å². The van der Waals surface area contributed by atoms with E-state index in [4.69, 9.17) is 0 Å². The highest BCUT2D eigenvalue weighted by Crippen LogP contribution is 2.30. The van der Waals surface area contributed by atoms with E-state index in [-0.39, 0.29) is 11.7 Å². The molecule has 0 radical (unpaired) electrons. The molecular weight excluding hydrogens is 474 g/mol. The largest absolute Gasteiger partial charge is 0.339 e. The molecule has 180 valence electrons. The minimum Gasteiger partial charge on any atom is -0.339 e. The van der Waals surface area contributed by atoms with Crippen LogP contribution in [0, 0.1) is 13.8 Å². The van der Waals surface area contributed by atoms with E-state index < -0.39 is 0 Å². The SMILES string of the molecule is Cc1ccc(Nc2nnc(SCC(=O)Nc3ccc(N(c4ccccc4)C(C)C)cc3)s2)cc1C. The number of nitrogens with one attached hydrogen (secondary N) is 2. The van der Waals surface area contributed by atoms with Gasteiger partial charge in [-0.1, -0.05) is 47.4 Å². The average Bonchev–Trinajstić information content (AvgIpc) is 3.29. The van der Waals surface area contributed by atoms with Crippen LogP contribution >= 0.6 is 23.1 Å². The molecule has 3 aromatic carbocycles. The van der Waals surface area contributed by atoms with Gasteiger partial charge in [0, 0.05) is 28.8 Å². The van der Waals surface area contributed by atoms with Gasteiger partial charge in [-0.05, 0) is 87.4 Å². The molecule has 0 aliphatic rings. The van der Waals surface area contributed by atoms with Gasteiger partial charge in [0.1, 0.15) is 0 Å². The summed E-state index contributed by atoms with van der Waals surface area (Å²) in [6.07, 6.45) is 0. The standard InChI is InChI=1S/C27H29N5OS2/c1-18(2)32(23-8-6-5-7-9-23)24-14-12-21(13-15-24)28-25(33)17-34-27-31-30-26(35-27)29-22-11-10-19(3)20(4)16-22/h5-16,18H,17H2,1-4H3,(H,28,33)(H,29,30). The lowest BCUT2D eigenvalue weighted by Gasteiger charge is -2.29. The average molecular weight is 504 g/mol. The Bertz CT molecular complexity index is 1270. The molecule has 0 aliphatic heterocycles. The molecule has 1 amide bonds. The summed E-state index contributed by atoms with van der Waals surface area (Å²) in [6.45, 7) is 8.49. The lowest BCUT2D eigenvalue weighted by atomic mass is 10.1. The van der Waals surface area contributed by atoms with Crippen molar-refractivity contribution >= 4 is 56.9 Å². The van der Waals surface area contributed by atoms with Gasteiger partial charge < -0.3 is 15.5 Å². The van der Waals surface area contributed by atoms with Gasteiger partial charge in [-0.25, -0.2) is 0 Å². The van der Waals surface area contributed by atoms with Crippen LogP contribution in [0.5, 0.6) is 0 Å². The number of aryl methyl sites for hydroxylation is 2. The summed E-state index contributed by atoms with van der Waals surface area (Å²) in [5.41, 5.74) is 6.43. The Kier molecular flexibility index (Phi) is 8.05. The molecule has 6 nitrogen and oxygen atoms in total. The van der Waals surface area contributed by atoms with E-state index in [9.17, 15) is 4.79 Å². The minimum absolute atomic E-state index is 0.0783. The fraction of sp³-hybridized carbons (Fsp3) is 0.222. The quantitative estimate of drug-likeness (QED) is 0.236. The lowest BCUT2D eigenvalue weighted by Crippen LogP contribution is -2.25. The molecule has 35 heavy (non-hydrogen) atoms. The van der Waals surface area contributed by atoms with Crippen LogP contribution in [0.4, 0.5) is 27.9 Å². The zero-order valence-electron chi connectivity index (χ0n) is 20.3. The smallest absolute Gasteiger partial charge is 0.234 e. The van der Waals surface area contributed by atoms with Crippen LogP contribution in [0.2, 0.25) is 0 Å². The predicted octanol–water partition coefficient (Wildman–Crippen LogP) is 7.18. The normalized spacial score (nSPS) is 10.9. The molecule has 0 unspecified atom stereocenters. The molecule has 0 saturated heterocycles. The summed E-state index contributed by atoms with van der Waals surface area (Å²) in [6, 6.07) is 24.7. The first-order valence-corrected chi connectivity index (χ1v) is 13.2. The lowest BCUT2D eigenvalue weighted by molar-refractivity contribution is -0.113. The molecule has 0 atom stereocenters. The molecule has 0 spiro atoms. The molecule has 0 saturated carbocycles. The Balaban J connectivity index is 1.31. The van der Waals surface area contributed by atoms with Gasteiger partial charge in [0.05, 0.1) is 5.75 Å². The summed E-state index contributed by atoms with van der Waals surface area (Å²) in [4.78, 5) is 14.8. The first-order chi connectivity index (χ1) is 16.9. The first-order valence-electron chi connectivity index (χ1n) is 11.4. The van der Waals surface area contributed by atoms with Crippen molar-refractivity contribution in [3.8, 4) is 0 Å². The number of anilines is 5. The van der Waals surface area contributed by atoms with Gasteiger partial charge in [-0.15, -0.1) is 10.2 Å². The van der Waals surface area contributed by atoms with E-state index >= 15 is 0 Å². The van der Waals surface area contributed by atoms with E-state index in [0.29, 0.717) is 11.2 Å². The number of hydrogen-bond donors (Lipinski definition) is 2. The maximum absolute atomic E-state index is 12.5. The van der Waals surface area contributed by atoms with Crippen molar-refractivity contribution in [2.24, 2.45) is 0 Å². The molecule has 8 heteroatoms. The third-order valence-corrected chi connectivity index (χ3v) is 7.44. The van der Waals surface area contributed by atoms with E-state index in [0.717, 1.165) is 27.1 Å². The number of aromatic nitrogens is 2. The molecule has 2 N–H and O–H groups in total. The first kappa shape index (κ1) is 24.8. The van der Waals surface area contributed by atoms with Crippen LogP contribution in [-0.4, -0.2) is 27.9 Å². The summed E-state index contributed by atoms with van der Waals surface area (Å²) in [7, 11) is 0. The van der Waals surface area contributed by atoms with Gasteiger partial charge in [-0.3, -0.25) is 4.79 Å². The van der Waals surface area contributed by atoms with Crippen LogP contribution in [0.15, 0.2) is 77.1 Å². The highest BCUT2D eigenvalue weighted by atomic mass is 32.2. The third-order valence-electron chi connectivity index (χ3n) is 5.47. The van der Waals surface area contributed by atoms with Crippen molar-refractivity contribution in [2.45, 2.75) is 38.1 Å². The fourth-order valence-electron chi connectivity index (χ4n) is 3.62. The summed E-state index contributed by atoms with van der Waals surface area (Å²) in [5.74, 6) is 0.188. The van der Waals surface area contributed by atoms with Crippen LogP contribution < -0.4 is 15.5 Å². The van der Waals surface area contributed by atoms with Crippen molar-refractivity contribution in [1.82, 2.24) is 10.2 Å². The Morgan fingerprint density at radius 1 is 0.914 bits per heavy atom. The van der Waals surface area contributed by atoms with Crippen LogP contribution in [0.3, 0.4) is 0 Å². The minimum atomic E-state index is -0.0783. The highest BCUT2D eigenvalue weighted by molar-refractivity contribution is 8.01. The van der Waals surface area contributed by atoms with E-state index in [2.05, 4.69) is 77.7 Å². The van der Waals surface area contributed by atoms with Gasteiger partial charge in [0.15, 0.2) is 4.34 Å². The molecule has 4 aromatic rings. The van der Waals surface area contributed by atoms with Crippen molar-refractivity contribution in [3.05, 3.63) is 83.9 Å². The monoisotopic (exact) mass is 503 g/mol. The zero-order valence-corrected chi connectivity index (χ0v) is 21.9. The number of nitrogens with zero attached hydrogens (tertiary/aromatic N) is 3. The fourth-order valence-corrected chi connectivity index (χ4v) is 5.20. The topological polar surface area (TPSA) is 70.1 Å². The predicted molar refractivity (Wildman–Crippen MR) is 149 cm³/mol. The number of thioether (sulfide) groups is 1. The van der Waals surface area contributed by atoms with Crippen molar-refractivity contribution in [2.75, 3.05) is 21.3 Å². The number of hydrogen-bond acceptors (Lipinski definition) is 7. The van der Waals surface area contributed by atoms with Gasteiger partial charge >= 0.3 is 0 Å². The van der Waals surface area contributed by atoms with Crippen molar-refractivity contribution in [3.63, 3.8) is 0 Å². The molecule has 0 bridgehead atoms. The maximum Gasteiger partial charge on any atom is 0.234 e. The number of benzene rings is 3. The van der Waals surface area contributed by atoms with E-state index in [1.807, 2.05) is 48.5 Å². The van der Waals surface area contributed by atoms with E-state index in [1.165, 1.54) is 34.2 Å². The van der Waals surface area contributed by atoms with Crippen molar-refractivity contribution in [1.29, 1.82) is 0 Å². The maximum atomic E-state index is 12.5. The summed E-state index contributed by atoms with van der Waals surface area (Å²) in [5, 5.41) is 15.3. The molecule has 1 heterocycles. The van der Waals surface area contributed by atoms with Crippen LogP contribution in [0.1, 0.15) is 25.0 Å². The second-order valence-electron chi connectivity index (χ2n) is 8.48. The number of amides is 1. The van der Waals surface area contributed by atoms with Crippen LogP contribution in [-0.2, 0) is 4.79 Å². The number of carbonyl (C=O) groups is 1. The van der Waals surface area contributed by atoms with Crippen LogP contribution in [0.25, 0.3) is 0 Å². The molecule has 1 aromatic heterocycles. The number of rotatable bonds is 9. The molecule has 0 fully saturated rings. The molecule has 0 aliphatic carbocycles. The third kappa shape index (κ3) is 6.61. The van der Waals surface area contributed by atoms with E-state index in [1.54, 1.807) is 0 Å². The number of carbonyl (C=O) groups excluding carboxylic acids is 1. The Morgan fingerprint density at radius 3 is 2.29 bits per heavy atom. The van der Waals surface area contributed by atoms with Gasteiger partial charge in [0.2, 0.25) is 11.0 Å². The Morgan fingerprint density at radius 2 is 1.60 bits per heavy atom. The van der Waals surface area contributed by atoms with Gasteiger partial charge in [-0.2, -0.15) is 0 Å². The summed E-state index contributed by atoms with van der Waals surface area (Å²) >= 11 is 2.81. The summed E-state index contributed by atoms with van der Waals surface area (Å²) < 4.78 is 0.747. The second-order valence-corrected chi connectivity index (χ2v) is 10.7. The second kappa shape index (κ2) is 11.4.